The summed E-state index contributed by atoms with van der Waals surface area (Å²) in [6, 6.07) is 9.90. The number of aryl methyl sites for hydroxylation is 1. The monoisotopic (exact) mass is 229 g/mol. The summed E-state index contributed by atoms with van der Waals surface area (Å²) in [6.07, 6.45) is 5.34. The van der Waals surface area contributed by atoms with E-state index in [9.17, 15) is 0 Å². The lowest BCUT2D eigenvalue weighted by atomic mass is 9.63. The van der Waals surface area contributed by atoms with Gasteiger partial charge in [0.05, 0.1) is 0 Å². The lowest BCUT2D eigenvalue weighted by Gasteiger charge is -2.51. The Labute approximate surface area is 105 Å². The first-order chi connectivity index (χ1) is 8.25. The molecule has 0 spiro atoms. The molecule has 1 nitrogen and oxygen atoms in total. The van der Waals surface area contributed by atoms with Gasteiger partial charge in [-0.05, 0) is 49.9 Å². The van der Waals surface area contributed by atoms with Crippen LogP contribution >= 0.6 is 0 Å². The summed E-state index contributed by atoms with van der Waals surface area (Å²) in [5, 5.41) is 0. The molecule has 92 valence electrons. The molecule has 1 aliphatic carbocycles. The van der Waals surface area contributed by atoms with Crippen molar-refractivity contribution in [1.29, 1.82) is 0 Å². The van der Waals surface area contributed by atoms with Crippen LogP contribution in [-0.4, -0.2) is 24.0 Å². The van der Waals surface area contributed by atoms with Gasteiger partial charge in [0.15, 0.2) is 0 Å². The predicted octanol–water partition coefficient (Wildman–Crippen LogP) is 3.37. The maximum Gasteiger partial charge on any atom is 0.0193 e. The summed E-state index contributed by atoms with van der Waals surface area (Å²) in [6.45, 7) is 7.32. The molecule has 1 heteroatoms. The highest BCUT2D eigenvalue weighted by molar-refractivity contribution is 5.39. The molecule has 3 rings (SSSR count). The standard InChI is InChI=1S/C16H23N/c1-3-17-12-6-11-16(2)14-8-5-4-7-13(14)9-10-15(16)17/h4-5,7-8,15H,3,6,9-12H2,1-2H3/t15-,16-/m0/s1. The zero-order chi connectivity index (χ0) is 11.9. The molecule has 0 bridgehead atoms. The van der Waals surface area contributed by atoms with Crippen molar-refractivity contribution in [3.63, 3.8) is 0 Å². The highest BCUT2D eigenvalue weighted by Gasteiger charge is 2.44. The first kappa shape index (κ1) is 11.3. The van der Waals surface area contributed by atoms with Gasteiger partial charge in [0.1, 0.15) is 0 Å². The number of hydrogen-bond donors (Lipinski definition) is 0. The van der Waals surface area contributed by atoms with E-state index in [4.69, 9.17) is 0 Å². The van der Waals surface area contributed by atoms with Gasteiger partial charge in [0.2, 0.25) is 0 Å². The van der Waals surface area contributed by atoms with Crippen LogP contribution in [0.15, 0.2) is 24.3 Å². The zero-order valence-electron chi connectivity index (χ0n) is 11.1. The minimum atomic E-state index is 0.406. The van der Waals surface area contributed by atoms with E-state index in [1.54, 1.807) is 11.1 Å². The van der Waals surface area contributed by atoms with Gasteiger partial charge in [0, 0.05) is 11.5 Å². The van der Waals surface area contributed by atoms with Crippen molar-refractivity contribution in [3.05, 3.63) is 35.4 Å². The minimum absolute atomic E-state index is 0.406. The van der Waals surface area contributed by atoms with Crippen molar-refractivity contribution < 1.29 is 0 Å². The number of piperidine rings is 1. The summed E-state index contributed by atoms with van der Waals surface area (Å²) >= 11 is 0. The molecule has 0 aromatic heterocycles. The smallest absolute Gasteiger partial charge is 0.0193 e. The SMILES string of the molecule is CCN1CCC[C@@]2(C)c3ccccc3CC[C@H]12. The minimum Gasteiger partial charge on any atom is -0.300 e. The number of likely N-dealkylation sites (tertiary alicyclic amines) is 1. The highest BCUT2D eigenvalue weighted by atomic mass is 15.2. The van der Waals surface area contributed by atoms with E-state index in [2.05, 4.69) is 43.0 Å². The molecule has 1 fully saturated rings. The van der Waals surface area contributed by atoms with Crippen LogP contribution in [0.3, 0.4) is 0 Å². The van der Waals surface area contributed by atoms with Crippen LogP contribution in [0.5, 0.6) is 0 Å². The second-order valence-electron chi connectivity index (χ2n) is 5.86. The van der Waals surface area contributed by atoms with Crippen molar-refractivity contribution in [2.45, 2.75) is 51.0 Å². The van der Waals surface area contributed by atoms with Gasteiger partial charge >= 0.3 is 0 Å². The largest absolute Gasteiger partial charge is 0.300 e. The molecule has 1 aromatic rings. The van der Waals surface area contributed by atoms with Crippen LogP contribution in [0.25, 0.3) is 0 Å². The van der Waals surface area contributed by atoms with E-state index in [1.807, 2.05) is 0 Å². The van der Waals surface area contributed by atoms with Gasteiger partial charge in [-0.1, -0.05) is 38.1 Å². The van der Waals surface area contributed by atoms with Crippen LogP contribution in [0.2, 0.25) is 0 Å². The number of fused-ring (bicyclic) bond motifs is 3. The third-order valence-electron chi connectivity index (χ3n) is 5.04. The van der Waals surface area contributed by atoms with Crippen LogP contribution in [-0.2, 0) is 11.8 Å². The van der Waals surface area contributed by atoms with E-state index < -0.39 is 0 Å². The average molecular weight is 229 g/mol. The molecule has 1 aliphatic heterocycles. The summed E-state index contributed by atoms with van der Waals surface area (Å²) in [7, 11) is 0. The van der Waals surface area contributed by atoms with E-state index in [0.29, 0.717) is 5.41 Å². The molecule has 17 heavy (non-hydrogen) atoms. The summed E-state index contributed by atoms with van der Waals surface area (Å²) < 4.78 is 0. The average Bonchev–Trinajstić information content (AvgIpc) is 2.37. The molecule has 1 aromatic carbocycles. The molecule has 2 aliphatic rings. The molecule has 1 heterocycles. The Bertz CT molecular complexity index is 412. The van der Waals surface area contributed by atoms with Crippen LogP contribution in [0, 0.1) is 0 Å². The first-order valence-corrected chi connectivity index (χ1v) is 7.08. The molecular formula is C16H23N. The molecule has 0 saturated carbocycles. The highest BCUT2D eigenvalue weighted by Crippen LogP contribution is 2.45. The Kier molecular flexibility index (Phi) is 2.74. The van der Waals surface area contributed by atoms with E-state index >= 15 is 0 Å². The molecule has 2 atom stereocenters. The van der Waals surface area contributed by atoms with Crippen LogP contribution in [0.1, 0.15) is 44.2 Å². The van der Waals surface area contributed by atoms with Gasteiger partial charge in [-0.25, -0.2) is 0 Å². The van der Waals surface area contributed by atoms with Crippen LogP contribution in [0.4, 0.5) is 0 Å². The lowest BCUT2D eigenvalue weighted by molar-refractivity contribution is 0.0665. The van der Waals surface area contributed by atoms with Gasteiger partial charge in [0.25, 0.3) is 0 Å². The van der Waals surface area contributed by atoms with E-state index in [1.165, 1.54) is 38.8 Å². The lowest BCUT2D eigenvalue weighted by Crippen LogP contribution is -2.55. The van der Waals surface area contributed by atoms with Crippen LogP contribution < -0.4 is 0 Å². The number of hydrogen-bond acceptors (Lipinski definition) is 1. The van der Waals surface area contributed by atoms with Crippen molar-refractivity contribution in [1.82, 2.24) is 4.90 Å². The van der Waals surface area contributed by atoms with Gasteiger partial charge in [-0.2, -0.15) is 0 Å². The molecule has 0 amide bonds. The van der Waals surface area contributed by atoms with Gasteiger partial charge < -0.3 is 0 Å². The molecule has 0 N–H and O–H groups in total. The second-order valence-corrected chi connectivity index (χ2v) is 5.86. The molecule has 0 radical (unpaired) electrons. The van der Waals surface area contributed by atoms with Crippen molar-refractivity contribution in [2.24, 2.45) is 0 Å². The maximum atomic E-state index is 2.71. The zero-order valence-corrected chi connectivity index (χ0v) is 11.1. The molecular weight excluding hydrogens is 206 g/mol. The Morgan fingerprint density at radius 1 is 1.35 bits per heavy atom. The Hall–Kier alpha value is -0.820. The number of nitrogens with zero attached hydrogens (tertiary/aromatic N) is 1. The van der Waals surface area contributed by atoms with E-state index in [0.717, 1.165) is 6.04 Å². The summed E-state index contributed by atoms with van der Waals surface area (Å²) in [4.78, 5) is 2.71. The third-order valence-corrected chi connectivity index (χ3v) is 5.04. The Morgan fingerprint density at radius 3 is 3.00 bits per heavy atom. The molecule has 1 saturated heterocycles. The third kappa shape index (κ3) is 1.63. The second kappa shape index (κ2) is 4.13. The topological polar surface area (TPSA) is 3.24 Å². The summed E-state index contributed by atoms with van der Waals surface area (Å²) in [5.74, 6) is 0. The fourth-order valence-corrected chi connectivity index (χ4v) is 4.16. The Morgan fingerprint density at radius 2 is 2.18 bits per heavy atom. The van der Waals surface area contributed by atoms with Crippen molar-refractivity contribution in [2.75, 3.05) is 13.1 Å². The van der Waals surface area contributed by atoms with Gasteiger partial charge in [-0.15, -0.1) is 0 Å². The van der Waals surface area contributed by atoms with E-state index in [-0.39, 0.29) is 0 Å². The number of benzene rings is 1. The predicted molar refractivity (Wildman–Crippen MR) is 72.4 cm³/mol. The van der Waals surface area contributed by atoms with Crippen molar-refractivity contribution in [3.8, 4) is 0 Å². The summed E-state index contributed by atoms with van der Waals surface area (Å²) in [5.41, 5.74) is 3.64. The quantitative estimate of drug-likeness (QED) is 0.713. The normalized spacial score (nSPS) is 32.9. The number of rotatable bonds is 1. The fourth-order valence-electron chi connectivity index (χ4n) is 4.16. The molecule has 0 unspecified atom stereocenters. The van der Waals surface area contributed by atoms with Crippen molar-refractivity contribution >= 4 is 0 Å². The first-order valence-electron chi connectivity index (χ1n) is 7.08. The maximum absolute atomic E-state index is 2.71. The van der Waals surface area contributed by atoms with Gasteiger partial charge in [-0.3, -0.25) is 4.90 Å². The Balaban J connectivity index is 2.05. The fraction of sp³-hybridized carbons (Fsp3) is 0.625. The number of likely N-dealkylation sites (N-methyl/N-ethyl adjacent to an activating group) is 1.